The number of anilines is 1. The Morgan fingerprint density at radius 3 is 2.50 bits per heavy atom. The van der Waals surface area contributed by atoms with Gasteiger partial charge in [0.1, 0.15) is 0 Å². The highest BCUT2D eigenvalue weighted by Crippen LogP contribution is 2.46. The predicted octanol–water partition coefficient (Wildman–Crippen LogP) is 2.10. The third-order valence-electron chi connectivity index (χ3n) is 3.99. The summed E-state index contributed by atoms with van der Waals surface area (Å²) in [4.78, 5) is 14.2. The summed E-state index contributed by atoms with van der Waals surface area (Å²) in [6.45, 7) is 3.77. The molecule has 0 fully saturated rings. The highest BCUT2D eigenvalue weighted by molar-refractivity contribution is 6.03. The third kappa shape index (κ3) is 2.02. The number of carbonyl (C=O) groups excluding carboxylic acids is 1. The van der Waals surface area contributed by atoms with E-state index < -0.39 is 5.60 Å². The van der Waals surface area contributed by atoms with Crippen molar-refractivity contribution in [1.29, 1.82) is 0 Å². The van der Waals surface area contributed by atoms with E-state index in [4.69, 9.17) is 9.47 Å². The second kappa shape index (κ2) is 5.32. The van der Waals surface area contributed by atoms with Crippen molar-refractivity contribution in [3.05, 3.63) is 17.7 Å². The largest absolute Gasteiger partial charge is 0.493 e. The molecule has 0 aliphatic carbocycles. The van der Waals surface area contributed by atoms with Crippen molar-refractivity contribution >= 4 is 11.6 Å². The number of aliphatic hydroxyl groups is 1. The van der Waals surface area contributed by atoms with Crippen molar-refractivity contribution < 1.29 is 19.4 Å². The van der Waals surface area contributed by atoms with E-state index in [2.05, 4.69) is 0 Å². The van der Waals surface area contributed by atoms with Crippen molar-refractivity contribution in [2.75, 3.05) is 19.1 Å². The Morgan fingerprint density at radius 2 is 2.00 bits per heavy atom. The minimum atomic E-state index is -0.838. The van der Waals surface area contributed by atoms with Gasteiger partial charge in [-0.15, -0.1) is 0 Å². The van der Waals surface area contributed by atoms with Crippen molar-refractivity contribution in [2.24, 2.45) is 0 Å². The Hall–Kier alpha value is -1.75. The fraction of sp³-hybridized carbons (Fsp3) is 0.533. The van der Waals surface area contributed by atoms with Crippen LogP contribution in [0.25, 0.3) is 0 Å². The summed E-state index contributed by atoms with van der Waals surface area (Å²) in [6.07, 6.45) is 1.19. The number of aliphatic hydroxyl groups excluding tert-OH is 1. The van der Waals surface area contributed by atoms with Crippen LogP contribution in [0.15, 0.2) is 12.1 Å². The van der Waals surface area contributed by atoms with Crippen LogP contribution >= 0.6 is 0 Å². The first kappa shape index (κ1) is 14.7. The van der Waals surface area contributed by atoms with E-state index >= 15 is 0 Å². The fourth-order valence-electron chi connectivity index (χ4n) is 2.59. The first-order valence-electron chi connectivity index (χ1n) is 6.81. The van der Waals surface area contributed by atoms with E-state index in [1.807, 2.05) is 13.8 Å². The Morgan fingerprint density at radius 1 is 1.35 bits per heavy atom. The number of hydrogen-bond acceptors (Lipinski definition) is 4. The summed E-state index contributed by atoms with van der Waals surface area (Å²) in [7, 11) is 3.28. The summed E-state index contributed by atoms with van der Waals surface area (Å²) in [5.74, 6) is 1.04. The van der Waals surface area contributed by atoms with Crippen LogP contribution in [0.3, 0.4) is 0 Å². The molecular formula is C15H21NO4. The van der Waals surface area contributed by atoms with E-state index in [0.29, 0.717) is 35.6 Å². The molecule has 1 heterocycles. The van der Waals surface area contributed by atoms with Crippen molar-refractivity contribution in [1.82, 2.24) is 0 Å². The number of ether oxygens (including phenoxy) is 2. The molecule has 1 amide bonds. The molecule has 0 saturated carbocycles. The van der Waals surface area contributed by atoms with Crippen LogP contribution in [0.4, 0.5) is 5.69 Å². The van der Waals surface area contributed by atoms with Gasteiger partial charge in [0.25, 0.3) is 5.91 Å². The van der Waals surface area contributed by atoms with Gasteiger partial charge in [0.15, 0.2) is 17.1 Å². The summed E-state index contributed by atoms with van der Waals surface area (Å²) >= 11 is 0. The zero-order valence-corrected chi connectivity index (χ0v) is 12.4. The molecule has 1 aliphatic rings. The first-order chi connectivity index (χ1) is 9.52. The number of likely N-dealkylation sites (N-methyl/N-ethyl adjacent to an activating group) is 1. The molecule has 0 atom stereocenters. The van der Waals surface area contributed by atoms with Crippen LogP contribution in [0, 0.1) is 0 Å². The van der Waals surface area contributed by atoms with Crippen molar-refractivity contribution in [3.63, 3.8) is 0 Å². The van der Waals surface area contributed by atoms with E-state index in [1.54, 1.807) is 31.2 Å². The van der Waals surface area contributed by atoms with Gasteiger partial charge >= 0.3 is 0 Å². The van der Waals surface area contributed by atoms with E-state index in [1.165, 1.54) is 0 Å². The Labute approximate surface area is 119 Å². The summed E-state index contributed by atoms with van der Waals surface area (Å²) in [6, 6.07) is 3.49. The lowest BCUT2D eigenvalue weighted by molar-refractivity contribution is -0.136. The van der Waals surface area contributed by atoms with Crippen LogP contribution in [0.5, 0.6) is 11.5 Å². The van der Waals surface area contributed by atoms with Crippen LogP contribution in [-0.4, -0.2) is 30.8 Å². The van der Waals surface area contributed by atoms with Crippen LogP contribution in [-0.2, 0) is 11.4 Å². The topological polar surface area (TPSA) is 59.0 Å². The quantitative estimate of drug-likeness (QED) is 0.917. The standard InChI is InChI=1S/C15H21NO4/c1-5-15(6-2)14(18)16(3)11-7-10(9-17)8-12(19-4)13(11)20-15/h7-8,17H,5-6,9H2,1-4H3. The number of nitrogens with zero attached hydrogens (tertiary/aromatic N) is 1. The molecule has 110 valence electrons. The molecule has 1 N–H and O–H groups in total. The van der Waals surface area contributed by atoms with Gasteiger partial charge in [-0.05, 0) is 30.5 Å². The molecule has 5 nitrogen and oxygen atoms in total. The normalized spacial score (nSPS) is 16.6. The minimum absolute atomic E-state index is 0.0628. The average Bonchev–Trinajstić information content (AvgIpc) is 2.50. The van der Waals surface area contributed by atoms with Crippen LogP contribution < -0.4 is 14.4 Å². The Balaban J connectivity index is 2.62. The van der Waals surface area contributed by atoms with Gasteiger partial charge in [0, 0.05) is 7.05 Å². The summed E-state index contributed by atoms with van der Waals surface area (Å²) in [5.41, 5.74) is 0.482. The maximum Gasteiger partial charge on any atom is 0.270 e. The molecule has 0 unspecified atom stereocenters. The fourth-order valence-corrected chi connectivity index (χ4v) is 2.59. The van der Waals surface area contributed by atoms with E-state index in [9.17, 15) is 9.90 Å². The number of rotatable bonds is 4. The maximum absolute atomic E-state index is 12.6. The molecular weight excluding hydrogens is 258 g/mol. The van der Waals surface area contributed by atoms with Crippen molar-refractivity contribution in [2.45, 2.75) is 38.9 Å². The van der Waals surface area contributed by atoms with Gasteiger partial charge in [-0.3, -0.25) is 4.79 Å². The lowest BCUT2D eigenvalue weighted by Crippen LogP contribution is -2.54. The summed E-state index contributed by atoms with van der Waals surface area (Å²) < 4.78 is 11.4. The number of carbonyl (C=O) groups is 1. The second-order valence-corrected chi connectivity index (χ2v) is 4.97. The Bertz CT molecular complexity index is 523. The lowest BCUT2D eigenvalue weighted by Gasteiger charge is -2.41. The number of benzene rings is 1. The smallest absolute Gasteiger partial charge is 0.270 e. The molecule has 5 heteroatoms. The molecule has 0 spiro atoms. The molecule has 0 radical (unpaired) electrons. The predicted molar refractivity (Wildman–Crippen MR) is 76.3 cm³/mol. The monoisotopic (exact) mass is 279 g/mol. The highest BCUT2D eigenvalue weighted by Gasteiger charge is 2.45. The van der Waals surface area contributed by atoms with E-state index in [0.717, 1.165) is 0 Å². The number of fused-ring (bicyclic) bond motifs is 1. The van der Waals surface area contributed by atoms with Gasteiger partial charge in [0.05, 0.1) is 19.4 Å². The molecule has 0 saturated heterocycles. The molecule has 20 heavy (non-hydrogen) atoms. The third-order valence-corrected chi connectivity index (χ3v) is 3.99. The second-order valence-electron chi connectivity index (χ2n) is 4.97. The van der Waals surface area contributed by atoms with Gasteiger partial charge in [0.2, 0.25) is 0 Å². The van der Waals surface area contributed by atoms with Gasteiger partial charge in [-0.25, -0.2) is 0 Å². The first-order valence-corrected chi connectivity index (χ1v) is 6.81. The number of amides is 1. The van der Waals surface area contributed by atoms with Crippen LogP contribution in [0.1, 0.15) is 32.3 Å². The van der Waals surface area contributed by atoms with Crippen LogP contribution in [0.2, 0.25) is 0 Å². The summed E-state index contributed by atoms with van der Waals surface area (Å²) in [5, 5.41) is 9.31. The highest BCUT2D eigenvalue weighted by atomic mass is 16.5. The van der Waals surface area contributed by atoms with Crippen molar-refractivity contribution in [3.8, 4) is 11.5 Å². The van der Waals surface area contributed by atoms with Gasteiger partial charge in [-0.2, -0.15) is 0 Å². The molecule has 0 bridgehead atoms. The van der Waals surface area contributed by atoms with E-state index in [-0.39, 0.29) is 12.5 Å². The Kier molecular flexibility index (Phi) is 3.90. The molecule has 0 aromatic heterocycles. The number of methoxy groups -OCH3 is 1. The molecule has 1 aliphatic heterocycles. The zero-order valence-electron chi connectivity index (χ0n) is 12.4. The minimum Gasteiger partial charge on any atom is -0.493 e. The molecule has 1 aromatic rings. The molecule has 2 rings (SSSR count). The average molecular weight is 279 g/mol. The number of hydrogen-bond donors (Lipinski definition) is 1. The molecule has 1 aromatic carbocycles. The van der Waals surface area contributed by atoms with Gasteiger partial charge < -0.3 is 19.5 Å². The zero-order chi connectivity index (χ0) is 14.9. The lowest BCUT2D eigenvalue weighted by atomic mass is 9.92. The SMILES string of the molecule is CCC1(CC)Oc2c(OC)cc(CO)cc2N(C)C1=O. The maximum atomic E-state index is 12.6. The van der Waals surface area contributed by atoms with Gasteiger partial charge in [-0.1, -0.05) is 13.8 Å².